The second kappa shape index (κ2) is 3.51. The van der Waals surface area contributed by atoms with Crippen LogP contribution in [0.1, 0.15) is 18.5 Å². The van der Waals surface area contributed by atoms with Crippen LogP contribution in [-0.4, -0.2) is 11.6 Å². The quantitative estimate of drug-likeness (QED) is 0.742. The molecule has 2 rings (SSSR count). The Morgan fingerprint density at radius 1 is 1.33 bits per heavy atom. The summed E-state index contributed by atoms with van der Waals surface area (Å²) in [6.07, 6.45) is 3.13. The number of ether oxygens (including phenoxy) is 1. The van der Waals surface area contributed by atoms with Crippen molar-refractivity contribution in [3.8, 4) is 0 Å². The van der Waals surface area contributed by atoms with E-state index >= 15 is 0 Å². The lowest BCUT2D eigenvalue weighted by molar-refractivity contribution is -0.145. The van der Waals surface area contributed by atoms with Gasteiger partial charge in [0.2, 0.25) is 0 Å². The smallest absolute Gasteiger partial charge is 0.331 e. The molecular formula is C12H13NO2. The van der Waals surface area contributed by atoms with Gasteiger partial charge in [0.05, 0.1) is 6.04 Å². The summed E-state index contributed by atoms with van der Waals surface area (Å²) in [5, 5.41) is 0. The molecule has 0 saturated carbocycles. The third-order valence-electron chi connectivity index (χ3n) is 2.65. The molecule has 1 heterocycles. The predicted octanol–water partition coefficient (Wildman–Crippen LogP) is 1.56. The maximum absolute atomic E-state index is 11.0. The van der Waals surface area contributed by atoms with Crippen molar-refractivity contribution in [3.05, 3.63) is 48.0 Å². The van der Waals surface area contributed by atoms with Crippen LogP contribution in [0.25, 0.3) is 0 Å². The van der Waals surface area contributed by atoms with E-state index in [0.717, 1.165) is 5.56 Å². The van der Waals surface area contributed by atoms with Crippen molar-refractivity contribution < 1.29 is 9.53 Å². The molecule has 78 valence electrons. The third kappa shape index (κ3) is 1.78. The lowest BCUT2D eigenvalue weighted by atomic mass is 9.91. The molecule has 1 aromatic carbocycles. The number of rotatable bonds is 2. The number of hydrogen-bond donors (Lipinski definition) is 1. The van der Waals surface area contributed by atoms with Crippen LogP contribution in [0.15, 0.2) is 42.5 Å². The van der Waals surface area contributed by atoms with Gasteiger partial charge in [0, 0.05) is 6.08 Å². The first-order valence-electron chi connectivity index (χ1n) is 4.84. The summed E-state index contributed by atoms with van der Waals surface area (Å²) in [6, 6.07) is 9.28. The van der Waals surface area contributed by atoms with Crippen LogP contribution in [0.5, 0.6) is 0 Å². The summed E-state index contributed by atoms with van der Waals surface area (Å²) in [4.78, 5) is 11.0. The fourth-order valence-electron chi connectivity index (χ4n) is 1.68. The van der Waals surface area contributed by atoms with E-state index in [0.29, 0.717) is 0 Å². The highest BCUT2D eigenvalue weighted by Crippen LogP contribution is 2.31. The Morgan fingerprint density at radius 2 is 2.00 bits per heavy atom. The van der Waals surface area contributed by atoms with Crippen molar-refractivity contribution in [3.63, 3.8) is 0 Å². The van der Waals surface area contributed by atoms with E-state index in [1.54, 1.807) is 6.08 Å². The van der Waals surface area contributed by atoms with Crippen LogP contribution in [0.3, 0.4) is 0 Å². The Balaban J connectivity index is 2.26. The minimum atomic E-state index is -0.724. The zero-order valence-corrected chi connectivity index (χ0v) is 8.51. The standard InChI is InChI=1S/C12H13NO2/c1-12(8-7-10(14)15-12)11(13)9-5-3-2-4-6-9/h2-8,11H,13H2,1H3/t11-,12?/m0/s1. The van der Waals surface area contributed by atoms with Crippen LogP contribution in [0.2, 0.25) is 0 Å². The Kier molecular flexibility index (Phi) is 2.32. The normalized spacial score (nSPS) is 26.4. The Labute approximate surface area is 88.5 Å². The highest BCUT2D eigenvalue weighted by molar-refractivity contribution is 5.85. The van der Waals surface area contributed by atoms with Crippen LogP contribution < -0.4 is 5.73 Å². The summed E-state index contributed by atoms with van der Waals surface area (Å²) in [5.74, 6) is -0.330. The Bertz CT molecular complexity index is 399. The molecule has 0 bridgehead atoms. The van der Waals surface area contributed by atoms with Crippen LogP contribution >= 0.6 is 0 Å². The monoisotopic (exact) mass is 203 g/mol. The van der Waals surface area contributed by atoms with Crippen molar-refractivity contribution in [1.82, 2.24) is 0 Å². The largest absolute Gasteiger partial charge is 0.450 e. The summed E-state index contributed by atoms with van der Waals surface area (Å²) >= 11 is 0. The zero-order valence-electron chi connectivity index (χ0n) is 8.51. The zero-order chi connectivity index (χ0) is 10.9. The molecule has 3 nitrogen and oxygen atoms in total. The number of cyclic esters (lactones) is 1. The first-order valence-corrected chi connectivity index (χ1v) is 4.84. The van der Waals surface area contributed by atoms with Gasteiger partial charge in [0.25, 0.3) is 0 Å². The highest BCUT2D eigenvalue weighted by atomic mass is 16.6. The number of nitrogens with two attached hydrogens (primary N) is 1. The topological polar surface area (TPSA) is 52.3 Å². The molecule has 1 aliphatic rings. The van der Waals surface area contributed by atoms with E-state index in [9.17, 15) is 4.79 Å². The number of carbonyl (C=O) groups is 1. The van der Waals surface area contributed by atoms with Gasteiger partial charge in [-0.3, -0.25) is 0 Å². The third-order valence-corrected chi connectivity index (χ3v) is 2.65. The molecule has 0 fully saturated rings. The molecule has 0 saturated heterocycles. The minimum absolute atomic E-state index is 0.330. The first kappa shape index (κ1) is 9.93. The summed E-state index contributed by atoms with van der Waals surface area (Å²) in [5.41, 5.74) is 6.30. The molecule has 0 spiro atoms. The van der Waals surface area contributed by atoms with Gasteiger partial charge < -0.3 is 10.5 Å². The SMILES string of the molecule is CC1([C@@H](N)c2ccccc2)C=CC(=O)O1. The maximum atomic E-state index is 11.0. The summed E-state index contributed by atoms with van der Waals surface area (Å²) in [7, 11) is 0. The fraction of sp³-hybridized carbons (Fsp3) is 0.250. The van der Waals surface area contributed by atoms with E-state index in [1.807, 2.05) is 37.3 Å². The van der Waals surface area contributed by atoms with Crippen molar-refractivity contribution in [2.75, 3.05) is 0 Å². The van der Waals surface area contributed by atoms with Gasteiger partial charge in [-0.2, -0.15) is 0 Å². The molecular weight excluding hydrogens is 190 g/mol. The second-order valence-electron chi connectivity index (χ2n) is 3.83. The lowest BCUT2D eigenvalue weighted by Crippen LogP contribution is -2.37. The first-order chi connectivity index (χ1) is 7.12. The molecule has 0 aromatic heterocycles. The lowest BCUT2D eigenvalue weighted by Gasteiger charge is -2.28. The molecule has 2 N–H and O–H groups in total. The molecule has 3 heteroatoms. The van der Waals surface area contributed by atoms with Crippen molar-refractivity contribution in [1.29, 1.82) is 0 Å². The van der Waals surface area contributed by atoms with Gasteiger partial charge in [-0.05, 0) is 18.6 Å². The van der Waals surface area contributed by atoms with Crippen molar-refractivity contribution >= 4 is 5.97 Å². The molecule has 1 aliphatic heterocycles. The fourth-order valence-corrected chi connectivity index (χ4v) is 1.68. The molecule has 2 atom stereocenters. The van der Waals surface area contributed by atoms with Gasteiger partial charge in [0.1, 0.15) is 5.60 Å². The van der Waals surface area contributed by atoms with Crippen molar-refractivity contribution in [2.24, 2.45) is 5.73 Å². The van der Waals surface area contributed by atoms with Crippen molar-refractivity contribution in [2.45, 2.75) is 18.6 Å². The van der Waals surface area contributed by atoms with Gasteiger partial charge >= 0.3 is 5.97 Å². The molecule has 1 aromatic rings. The average Bonchev–Trinajstić information content (AvgIpc) is 2.60. The van der Waals surface area contributed by atoms with Gasteiger partial charge in [0.15, 0.2) is 0 Å². The van der Waals surface area contributed by atoms with Crippen LogP contribution in [0.4, 0.5) is 0 Å². The summed E-state index contributed by atoms with van der Waals surface area (Å²) < 4.78 is 5.19. The maximum Gasteiger partial charge on any atom is 0.331 e. The van der Waals surface area contributed by atoms with E-state index in [2.05, 4.69) is 0 Å². The van der Waals surface area contributed by atoms with Gasteiger partial charge in [-0.25, -0.2) is 4.79 Å². The Hall–Kier alpha value is -1.61. The van der Waals surface area contributed by atoms with Gasteiger partial charge in [-0.1, -0.05) is 30.3 Å². The predicted molar refractivity (Wildman–Crippen MR) is 57.0 cm³/mol. The summed E-state index contributed by atoms with van der Waals surface area (Å²) in [6.45, 7) is 1.81. The molecule has 1 unspecified atom stereocenters. The molecule has 0 radical (unpaired) electrons. The second-order valence-corrected chi connectivity index (χ2v) is 3.83. The Morgan fingerprint density at radius 3 is 2.53 bits per heavy atom. The number of carbonyl (C=O) groups excluding carboxylic acids is 1. The average molecular weight is 203 g/mol. The number of benzene rings is 1. The number of hydrogen-bond acceptors (Lipinski definition) is 3. The van der Waals surface area contributed by atoms with E-state index in [4.69, 9.17) is 10.5 Å². The van der Waals surface area contributed by atoms with Crippen LogP contribution in [0, 0.1) is 0 Å². The molecule has 0 aliphatic carbocycles. The van der Waals surface area contributed by atoms with E-state index in [-0.39, 0.29) is 12.0 Å². The minimum Gasteiger partial charge on any atom is -0.450 e. The van der Waals surface area contributed by atoms with E-state index in [1.165, 1.54) is 6.08 Å². The highest BCUT2D eigenvalue weighted by Gasteiger charge is 2.37. The van der Waals surface area contributed by atoms with Crippen LogP contribution in [-0.2, 0) is 9.53 Å². The molecule has 0 amide bonds. The van der Waals surface area contributed by atoms with Gasteiger partial charge in [-0.15, -0.1) is 0 Å². The molecule has 15 heavy (non-hydrogen) atoms. The van der Waals surface area contributed by atoms with E-state index < -0.39 is 5.60 Å². The number of esters is 1.